The van der Waals surface area contributed by atoms with Crippen molar-refractivity contribution >= 4 is 0 Å². The molecule has 9 heavy (non-hydrogen) atoms. The van der Waals surface area contributed by atoms with Crippen molar-refractivity contribution in [2.24, 2.45) is 5.92 Å². The van der Waals surface area contributed by atoms with Gasteiger partial charge in [-0.2, -0.15) is 0 Å². The molecule has 0 N–H and O–H groups in total. The monoisotopic (exact) mass is 122 g/mol. The van der Waals surface area contributed by atoms with Gasteiger partial charge in [-0.1, -0.05) is 25.7 Å². The van der Waals surface area contributed by atoms with Gasteiger partial charge >= 0.3 is 0 Å². The van der Waals surface area contributed by atoms with E-state index in [-0.39, 0.29) is 0 Å². The van der Waals surface area contributed by atoms with Gasteiger partial charge in [-0.25, -0.2) is 0 Å². The van der Waals surface area contributed by atoms with Crippen LogP contribution in [0.15, 0.2) is 30.5 Å². The van der Waals surface area contributed by atoms with Gasteiger partial charge in [0.15, 0.2) is 0 Å². The normalized spacial score (nSPS) is 13.1. The molecule has 0 aromatic heterocycles. The van der Waals surface area contributed by atoms with E-state index in [1.165, 1.54) is 0 Å². The van der Waals surface area contributed by atoms with E-state index < -0.39 is 0 Å². The van der Waals surface area contributed by atoms with Gasteiger partial charge in [-0.05, 0) is 25.3 Å². The first-order valence-corrected chi connectivity index (χ1v) is 3.28. The number of rotatable bonds is 3. The highest BCUT2D eigenvalue weighted by Crippen LogP contribution is 2.02. The highest BCUT2D eigenvalue weighted by Gasteiger charge is 1.89. The van der Waals surface area contributed by atoms with E-state index in [4.69, 9.17) is 0 Å². The summed E-state index contributed by atoms with van der Waals surface area (Å²) in [5, 5.41) is 0. The zero-order valence-corrected chi connectivity index (χ0v) is 6.22. The first-order chi connectivity index (χ1) is 4.31. The molecule has 0 heterocycles. The van der Waals surface area contributed by atoms with Gasteiger partial charge in [0, 0.05) is 0 Å². The third kappa shape index (κ3) is 5.13. The summed E-state index contributed by atoms with van der Waals surface area (Å²) in [6, 6.07) is 0. The fourth-order valence-corrected chi connectivity index (χ4v) is 0.676. The van der Waals surface area contributed by atoms with Gasteiger partial charge in [0.25, 0.3) is 0 Å². The minimum Gasteiger partial charge on any atom is -0.133 e. The van der Waals surface area contributed by atoms with Crippen LogP contribution >= 0.6 is 0 Å². The smallest absolute Gasteiger partial charge is 0.0214 e. The zero-order chi connectivity index (χ0) is 7.11. The lowest BCUT2D eigenvalue weighted by Gasteiger charge is -1.96. The first-order valence-electron chi connectivity index (χ1n) is 3.28. The van der Waals surface area contributed by atoms with Crippen LogP contribution < -0.4 is 0 Å². The molecule has 0 saturated heterocycles. The Kier molecular flexibility index (Phi) is 4.95. The number of allylic oxidation sites excluding steroid dienone is 3. The highest BCUT2D eigenvalue weighted by molar-refractivity contribution is 4.88. The van der Waals surface area contributed by atoms with Gasteiger partial charge in [0.05, 0.1) is 0 Å². The summed E-state index contributed by atoms with van der Waals surface area (Å²) in [5.41, 5.74) is 2.75. The Morgan fingerprint density at radius 3 is 2.78 bits per heavy atom. The van der Waals surface area contributed by atoms with Crippen LogP contribution in [0.4, 0.5) is 0 Å². The van der Waals surface area contributed by atoms with Crippen LogP contribution in [0.3, 0.4) is 0 Å². The summed E-state index contributed by atoms with van der Waals surface area (Å²) in [4.78, 5) is 0. The molecule has 0 rings (SSSR count). The fraction of sp³-hybridized carbons (Fsp3) is 0.444. The van der Waals surface area contributed by atoms with Gasteiger partial charge < -0.3 is 0 Å². The molecule has 0 radical (unpaired) electrons. The Balaban J connectivity index is 3.49. The van der Waals surface area contributed by atoms with Crippen molar-refractivity contribution in [2.75, 3.05) is 0 Å². The summed E-state index contributed by atoms with van der Waals surface area (Å²) in [6.45, 7) is 7.70. The van der Waals surface area contributed by atoms with Crippen molar-refractivity contribution < 1.29 is 0 Å². The van der Waals surface area contributed by atoms with E-state index in [1.807, 2.05) is 13.0 Å². The van der Waals surface area contributed by atoms with E-state index in [0.29, 0.717) is 5.92 Å². The Hall–Kier alpha value is -0.740. The van der Waals surface area contributed by atoms with Gasteiger partial charge in [-0.15, -0.1) is 5.73 Å². The molecule has 0 aromatic carbocycles. The van der Waals surface area contributed by atoms with E-state index in [9.17, 15) is 0 Å². The lowest BCUT2D eigenvalue weighted by molar-refractivity contribution is 0.744. The van der Waals surface area contributed by atoms with Crippen molar-refractivity contribution in [1.29, 1.82) is 0 Å². The first kappa shape index (κ1) is 8.26. The van der Waals surface area contributed by atoms with Crippen molar-refractivity contribution in [1.82, 2.24) is 0 Å². The molecule has 0 bridgehead atoms. The van der Waals surface area contributed by atoms with Crippen LogP contribution in [-0.2, 0) is 0 Å². The molecule has 0 unspecified atom stereocenters. The molecule has 0 fully saturated rings. The zero-order valence-electron chi connectivity index (χ0n) is 6.22. The molecule has 0 aromatic rings. The largest absolute Gasteiger partial charge is 0.133 e. The van der Waals surface area contributed by atoms with Crippen molar-refractivity contribution in [3.63, 3.8) is 0 Å². The number of hydrogen-bond donors (Lipinski definition) is 0. The maximum Gasteiger partial charge on any atom is -0.0214 e. The average molecular weight is 122 g/mol. The second-order valence-electron chi connectivity index (χ2n) is 2.15. The molecule has 1 atom stereocenters. The second kappa shape index (κ2) is 5.40. The van der Waals surface area contributed by atoms with E-state index in [2.05, 4.69) is 31.4 Å². The summed E-state index contributed by atoms with van der Waals surface area (Å²) in [5.74, 6) is 0.629. The van der Waals surface area contributed by atoms with Crippen molar-refractivity contribution in [3.05, 3.63) is 30.5 Å². The van der Waals surface area contributed by atoms with Gasteiger partial charge in [0.1, 0.15) is 0 Å². The predicted molar refractivity (Wildman–Crippen MR) is 42.3 cm³/mol. The van der Waals surface area contributed by atoms with Crippen molar-refractivity contribution in [2.45, 2.75) is 20.3 Å². The Morgan fingerprint density at radius 1 is 1.67 bits per heavy atom. The minimum absolute atomic E-state index is 0.629. The Morgan fingerprint density at radius 2 is 2.33 bits per heavy atom. The van der Waals surface area contributed by atoms with E-state index in [0.717, 1.165) is 6.42 Å². The fourth-order valence-electron chi connectivity index (χ4n) is 0.676. The SMILES string of the molecule is C=C=CC[C@@H](C)/C=C/C. The van der Waals surface area contributed by atoms with Crippen LogP contribution in [0.1, 0.15) is 20.3 Å². The van der Waals surface area contributed by atoms with E-state index >= 15 is 0 Å². The quantitative estimate of drug-likeness (QED) is 0.399. The summed E-state index contributed by atoms with van der Waals surface area (Å²) in [6.07, 6.45) is 7.26. The highest BCUT2D eigenvalue weighted by atomic mass is 13.9. The predicted octanol–water partition coefficient (Wildman–Crippen LogP) is 2.93. The molecule has 0 aliphatic heterocycles. The van der Waals surface area contributed by atoms with Gasteiger partial charge in [-0.3, -0.25) is 0 Å². The lowest BCUT2D eigenvalue weighted by atomic mass is 10.1. The molecule has 0 amide bonds. The lowest BCUT2D eigenvalue weighted by Crippen LogP contribution is -1.83. The summed E-state index contributed by atoms with van der Waals surface area (Å²) >= 11 is 0. The summed E-state index contributed by atoms with van der Waals surface area (Å²) < 4.78 is 0. The van der Waals surface area contributed by atoms with Crippen LogP contribution in [0, 0.1) is 5.92 Å². The third-order valence-corrected chi connectivity index (χ3v) is 1.15. The standard InChI is InChI=1S/C9H14/c1-4-6-8-9(3)7-5-2/h5-7,9H,1,8H2,2-3H3/b7-5+/t9-/m0/s1. The third-order valence-electron chi connectivity index (χ3n) is 1.15. The minimum atomic E-state index is 0.629. The molecule has 0 nitrogen and oxygen atoms in total. The molecular formula is C9H14. The van der Waals surface area contributed by atoms with Crippen LogP contribution in [-0.4, -0.2) is 0 Å². The van der Waals surface area contributed by atoms with Crippen LogP contribution in [0.25, 0.3) is 0 Å². The van der Waals surface area contributed by atoms with Crippen LogP contribution in [0.5, 0.6) is 0 Å². The molecule has 0 aliphatic carbocycles. The Labute approximate surface area is 57.6 Å². The molecule has 0 heteroatoms. The average Bonchev–Trinajstić information content (AvgIpc) is 1.85. The topological polar surface area (TPSA) is 0 Å². The number of hydrogen-bond acceptors (Lipinski definition) is 0. The van der Waals surface area contributed by atoms with Crippen LogP contribution in [0.2, 0.25) is 0 Å². The Bertz CT molecular complexity index is 125. The molecule has 0 saturated carbocycles. The molecular weight excluding hydrogens is 108 g/mol. The summed E-state index contributed by atoms with van der Waals surface area (Å²) in [7, 11) is 0. The van der Waals surface area contributed by atoms with E-state index in [1.54, 1.807) is 0 Å². The molecule has 0 aliphatic rings. The maximum absolute atomic E-state index is 3.49. The second-order valence-corrected chi connectivity index (χ2v) is 2.15. The van der Waals surface area contributed by atoms with Crippen molar-refractivity contribution in [3.8, 4) is 0 Å². The maximum atomic E-state index is 3.49. The molecule has 50 valence electrons. The van der Waals surface area contributed by atoms with Gasteiger partial charge in [0.2, 0.25) is 0 Å². The molecule has 0 spiro atoms.